The first-order valence-electron chi connectivity index (χ1n) is 11.0. The van der Waals surface area contributed by atoms with Gasteiger partial charge in [0, 0.05) is 44.0 Å². The number of nitro groups is 1. The van der Waals surface area contributed by atoms with Gasteiger partial charge in [-0.15, -0.1) is 0 Å². The van der Waals surface area contributed by atoms with E-state index in [9.17, 15) is 10.1 Å². The van der Waals surface area contributed by atoms with Gasteiger partial charge in [0.2, 0.25) is 0 Å². The second kappa shape index (κ2) is 6.90. The number of hydrogen-bond donors (Lipinski definition) is 2. The van der Waals surface area contributed by atoms with Crippen LogP contribution in [-0.4, -0.2) is 37.1 Å². The summed E-state index contributed by atoms with van der Waals surface area (Å²) in [6, 6.07) is 6.03. The predicted octanol–water partition coefficient (Wildman–Crippen LogP) is 4.02. The van der Waals surface area contributed by atoms with Gasteiger partial charge >= 0.3 is 0 Å². The average Bonchev–Trinajstić information content (AvgIpc) is 2.67. The van der Waals surface area contributed by atoms with Gasteiger partial charge in [0.25, 0.3) is 5.69 Å². The number of piperazine rings is 1. The van der Waals surface area contributed by atoms with Gasteiger partial charge in [-0.1, -0.05) is 0 Å². The smallest absolute Gasteiger partial charge is 0.294 e. The van der Waals surface area contributed by atoms with Crippen LogP contribution in [0.25, 0.3) is 0 Å². The zero-order chi connectivity index (χ0) is 19.3. The molecule has 0 amide bonds. The summed E-state index contributed by atoms with van der Waals surface area (Å²) in [6.45, 7) is 5.91. The van der Waals surface area contributed by atoms with Gasteiger partial charge < -0.3 is 15.5 Å². The van der Waals surface area contributed by atoms with Crippen molar-refractivity contribution in [1.82, 2.24) is 5.32 Å². The van der Waals surface area contributed by atoms with Gasteiger partial charge in [0.1, 0.15) is 5.69 Å². The van der Waals surface area contributed by atoms with E-state index in [4.69, 9.17) is 0 Å². The van der Waals surface area contributed by atoms with E-state index in [1.807, 2.05) is 12.1 Å². The first-order chi connectivity index (χ1) is 13.5. The molecule has 6 heteroatoms. The summed E-state index contributed by atoms with van der Waals surface area (Å²) in [6.07, 6.45) is 8.18. The topological polar surface area (TPSA) is 70.4 Å². The molecule has 1 saturated heterocycles. The molecule has 0 radical (unpaired) electrons. The van der Waals surface area contributed by atoms with Gasteiger partial charge in [0.15, 0.2) is 0 Å². The second-order valence-corrected chi connectivity index (χ2v) is 9.84. The summed E-state index contributed by atoms with van der Waals surface area (Å²) >= 11 is 0. The summed E-state index contributed by atoms with van der Waals surface area (Å²) in [5.41, 5.74) is 2.20. The molecule has 1 unspecified atom stereocenters. The van der Waals surface area contributed by atoms with Crippen LogP contribution in [0.15, 0.2) is 18.2 Å². The highest BCUT2D eigenvalue weighted by atomic mass is 16.6. The van der Waals surface area contributed by atoms with Crippen LogP contribution < -0.4 is 15.5 Å². The molecular weight excluding hydrogens is 352 g/mol. The standard InChI is InChI=1S/C22H32N4O2/c1-15(22-12-16-8-17(13-22)10-18(9-16)14-22)24-20-3-2-19(11-21(20)26(27)28)25-6-4-23-5-7-25/h2-3,11,15-18,23-24H,4-10,12-14H2,1H3. The van der Waals surface area contributed by atoms with Crippen molar-refractivity contribution in [3.8, 4) is 0 Å². The normalized spacial score (nSPS) is 35.0. The van der Waals surface area contributed by atoms with Crippen molar-refractivity contribution in [2.24, 2.45) is 23.2 Å². The Labute approximate surface area is 167 Å². The molecule has 6 rings (SSSR count). The Morgan fingerprint density at radius 1 is 1.14 bits per heavy atom. The van der Waals surface area contributed by atoms with Crippen molar-refractivity contribution < 1.29 is 4.92 Å². The van der Waals surface area contributed by atoms with Gasteiger partial charge in [-0.05, 0) is 80.8 Å². The number of nitrogens with zero attached hydrogens (tertiary/aromatic N) is 2. The number of anilines is 2. The molecule has 152 valence electrons. The van der Waals surface area contributed by atoms with Crippen molar-refractivity contribution in [2.45, 2.75) is 51.5 Å². The Kier molecular flexibility index (Phi) is 4.49. The van der Waals surface area contributed by atoms with E-state index in [0.29, 0.717) is 11.1 Å². The third-order valence-electron chi connectivity index (χ3n) is 8.04. The third kappa shape index (κ3) is 3.15. The summed E-state index contributed by atoms with van der Waals surface area (Å²) in [5.74, 6) is 2.67. The van der Waals surface area contributed by atoms with E-state index < -0.39 is 0 Å². The van der Waals surface area contributed by atoms with Crippen molar-refractivity contribution in [3.05, 3.63) is 28.3 Å². The number of hydrogen-bond acceptors (Lipinski definition) is 5. The molecule has 1 atom stereocenters. The highest BCUT2D eigenvalue weighted by Gasteiger charge is 2.53. The Morgan fingerprint density at radius 2 is 1.75 bits per heavy atom. The van der Waals surface area contributed by atoms with Crippen LogP contribution in [0, 0.1) is 33.3 Å². The van der Waals surface area contributed by atoms with E-state index in [1.54, 1.807) is 6.07 Å². The first kappa shape index (κ1) is 18.2. The molecule has 1 aromatic rings. The Morgan fingerprint density at radius 3 is 2.32 bits per heavy atom. The van der Waals surface area contributed by atoms with E-state index >= 15 is 0 Å². The maximum atomic E-state index is 11.8. The minimum Gasteiger partial charge on any atom is -0.376 e. The zero-order valence-corrected chi connectivity index (χ0v) is 16.8. The molecule has 6 nitrogen and oxygen atoms in total. The molecule has 2 N–H and O–H groups in total. The second-order valence-electron chi connectivity index (χ2n) is 9.84. The average molecular weight is 385 g/mol. The predicted molar refractivity (Wildman–Crippen MR) is 112 cm³/mol. The first-order valence-corrected chi connectivity index (χ1v) is 11.0. The molecule has 0 aromatic heterocycles. The number of benzene rings is 1. The molecule has 5 fully saturated rings. The molecule has 1 aliphatic heterocycles. The quantitative estimate of drug-likeness (QED) is 0.593. The number of rotatable bonds is 5. The van der Waals surface area contributed by atoms with Crippen molar-refractivity contribution in [1.29, 1.82) is 0 Å². The molecule has 4 saturated carbocycles. The summed E-state index contributed by atoms with van der Waals surface area (Å²) in [5, 5.41) is 18.8. The fraction of sp³-hybridized carbons (Fsp3) is 0.727. The summed E-state index contributed by atoms with van der Waals surface area (Å²) in [7, 11) is 0. The fourth-order valence-electron chi connectivity index (χ4n) is 7.01. The summed E-state index contributed by atoms with van der Waals surface area (Å²) in [4.78, 5) is 13.8. The molecular formula is C22H32N4O2. The van der Waals surface area contributed by atoms with Crippen LogP contribution >= 0.6 is 0 Å². The van der Waals surface area contributed by atoms with Gasteiger partial charge in [-0.2, -0.15) is 0 Å². The van der Waals surface area contributed by atoms with Gasteiger partial charge in [-0.3, -0.25) is 10.1 Å². The minimum atomic E-state index is -0.222. The van der Waals surface area contributed by atoms with Crippen LogP contribution in [-0.2, 0) is 0 Å². The van der Waals surface area contributed by atoms with Crippen molar-refractivity contribution in [3.63, 3.8) is 0 Å². The van der Waals surface area contributed by atoms with Gasteiger partial charge in [0.05, 0.1) is 4.92 Å². The lowest BCUT2D eigenvalue weighted by Gasteiger charge is -2.59. The lowest BCUT2D eigenvalue weighted by atomic mass is 9.48. The zero-order valence-electron chi connectivity index (χ0n) is 16.8. The van der Waals surface area contributed by atoms with Crippen LogP contribution in [0.1, 0.15) is 45.4 Å². The van der Waals surface area contributed by atoms with Crippen LogP contribution in [0.5, 0.6) is 0 Å². The Balaban J connectivity index is 1.37. The van der Waals surface area contributed by atoms with Crippen LogP contribution in [0.2, 0.25) is 0 Å². The molecule has 28 heavy (non-hydrogen) atoms. The lowest BCUT2D eigenvalue weighted by molar-refractivity contribution is -0.383. The molecule has 4 bridgehead atoms. The maximum absolute atomic E-state index is 11.8. The van der Waals surface area contributed by atoms with E-state index in [2.05, 4.69) is 22.5 Å². The van der Waals surface area contributed by atoms with Crippen LogP contribution in [0.4, 0.5) is 17.1 Å². The highest BCUT2D eigenvalue weighted by molar-refractivity contribution is 5.69. The molecule has 1 heterocycles. The third-order valence-corrected chi connectivity index (χ3v) is 8.04. The summed E-state index contributed by atoms with van der Waals surface area (Å²) < 4.78 is 0. The lowest BCUT2D eigenvalue weighted by Crippen LogP contribution is -2.52. The monoisotopic (exact) mass is 384 g/mol. The number of nitro benzene ring substituents is 1. The largest absolute Gasteiger partial charge is 0.376 e. The fourth-order valence-corrected chi connectivity index (χ4v) is 7.01. The van der Waals surface area contributed by atoms with Crippen LogP contribution in [0.3, 0.4) is 0 Å². The molecule has 1 aromatic carbocycles. The van der Waals surface area contributed by atoms with Gasteiger partial charge in [-0.25, -0.2) is 0 Å². The van der Waals surface area contributed by atoms with Crippen molar-refractivity contribution in [2.75, 3.05) is 36.4 Å². The van der Waals surface area contributed by atoms with E-state index in [-0.39, 0.29) is 16.7 Å². The SMILES string of the molecule is CC(Nc1ccc(N2CCNCC2)cc1[N+](=O)[O-])C12CC3CC(CC(C3)C1)C2. The molecule has 0 spiro atoms. The number of nitrogens with one attached hydrogen (secondary N) is 2. The van der Waals surface area contributed by atoms with Crippen molar-refractivity contribution >= 4 is 17.1 Å². The maximum Gasteiger partial charge on any atom is 0.294 e. The Bertz CT molecular complexity index is 724. The Hall–Kier alpha value is -1.82. The van der Waals surface area contributed by atoms with E-state index in [0.717, 1.165) is 49.6 Å². The minimum absolute atomic E-state index is 0.215. The molecule has 5 aliphatic rings. The molecule has 4 aliphatic carbocycles. The highest BCUT2D eigenvalue weighted by Crippen LogP contribution is 2.61. The van der Waals surface area contributed by atoms with E-state index in [1.165, 1.54) is 38.5 Å².